The summed E-state index contributed by atoms with van der Waals surface area (Å²) < 4.78 is 31.7. The van der Waals surface area contributed by atoms with Gasteiger partial charge in [-0.25, -0.2) is 4.79 Å². The van der Waals surface area contributed by atoms with Crippen LogP contribution < -0.4 is 135 Å². The van der Waals surface area contributed by atoms with Gasteiger partial charge in [0.25, 0.3) is 0 Å². The molecule has 2 rings (SSSR count). The lowest BCUT2D eigenvalue weighted by Crippen LogP contribution is -2.61. The average Bonchev–Trinajstić information content (AvgIpc) is 0.838. The molecule has 18 amide bonds. The van der Waals surface area contributed by atoms with Crippen LogP contribution in [-0.2, 0) is 109 Å². The lowest BCUT2D eigenvalue weighted by Gasteiger charge is -2.29. The third-order valence-electron chi connectivity index (χ3n) is 20.5. The highest BCUT2D eigenvalue weighted by molar-refractivity contribution is 6.02. The number of amides is 18. The Morgan fingerprint density at radius 2 is 0.705 bits per heavy atom. The Bertz CT molecular complexity index is 4560. The maximum Gasteiger partial charge on any atom is 0.490 e. The monoisotopic (exact) mass is 1980 g/mol. The Balaban J connectivity index is 0.0000132. The summed E-state index contributed by atoms with van der Waals surface area (Å²) >= 11 is 0. The molecule has 776 valence electrons. The first kappa shape index (κ1) is 122. The van der Waals surface area contributed by atoms with E-state index in [0.29, 0.717) is 17.5 Å². The first-order chi connectivity index (χ1) is 64.9. The number of hydrogen-bond acceptors (Lipinski definition) is 28. The molecule has 0 radical (unpaired) electrons. The van der Waals surface area contributed by atoms with E-state index in [2.05, 4.69) is 101 Å². The van der Waals surface area contributed by atoms with E-state index in [9.17, 15) is 130 Å². The number of primary amides is 2. The molecule has 54 nitrogen and oxygen atoms in total. The molecule has 0 unspecified atom stereocenters. The number of carboxylic acid groups (broad SMARTS) is 2. The van der Waals surface area contributed by atoms with Crippen LogP contribution in [0.1, 0.15) is 138 Å². The van der Waals surface area contributed by atoms with Gasteiger partial charge in [0, 0.05) is 32.5 Å². The molecule has 0 saturated heterocycles. The van der Waals surface area contributed by atoms with Crippen LogP contribution in [0.15, 0.2) is 54.6 Å². The summed E-state index contributed by atoms with van der Waals surface area (Å²) in [7, 11) is 0. The summed E-state index contributed by atoms with van der Waals surface area (Å²) in [4.78, 5) is 267. The summed E-state index contributed by atoms with van der Waals surface area (Å²) in [6.07, 6.45) is -10.9. The van der Waals surface area contributed by atoms with E-state index in [1.807, 2.05) is 0 Å². The van der Waals surface area contributed by atoms with Gasteiger partial charge in [-0.05, 0) is 108 Å². The summed E-state index contributed by atoms with van der Waals surface area (Å²) in [6.45, 7) is 9.19. The van der Waals surface area contributed by atoms with E-state index in [0.717, 1.165) is 13.8 Å². The van der Waals surface area contributed by atoms with Crippen LogP contribution in [0.2, 0.25) is 0 Å². The topological polar surface area (TPSA) is 919 Å². The first-order valence-corrected chi connectivity index (χ1v) is 43.5. The highest BCUT2D eigenvalue weighted by Gasteiger charge is 2.41. The number of carboxylic acids is 2. The van der Waals surface area contributed by atoms with Crippen LogP contribution in [0.5, 0.6) is 5.75 Å². The fourth-order valence-electron chi connectivity index (χ4n) is 12.2. The first-order valence-electron chi connectivity index (χ1n) is 43.5. The number of alkyl halides is 3. The number of aliphatic hydroxyl groups excluding tert-OH is 3. The molecule has 2 aromatic carbocycles. The second-order valence-corrected chi connectivity index (χ2v) is 32.1. The van der Waals surface area contributed by atoms with Gasteiger partial charge in [0.1, 0.15) is 96.4 Å². The number of hydrogen-bond donors (Lipinski definition) is 34. The number of nitrogens with two attached hydrogens (primary N) is 6. The van der Waals surface area contributed by atoms with Crippen molar-refractivity contribution >= 4 is 136 Å². The molecule has 0 aliphatic heterocycles. The van der Waals surface area contributed by atoms with Crippen LogP contribution in [-0.4, -0.2) is 315 Å². The standard InChI is InChI=1S/C80H130N28O24.C2HF3O2/c1-10-37(3)60(63(83)118)106-66(121)41(7)96-72(127)52(32-55(81)113)103-69(124)49(22-17-29-92-80(88)89)100-68(123)47(20-15-27-90-78(84)85)98-57(115)35-94-76(131)62(43(9)111)108-70(125)48(21-16-28-91-79(86)87)99-56(114)34-93-67(122)54(36-109)105-65(120)40(6)97-77(132)61(38(4)11-2)107-74(129)51(30-44-18-13-12-14-19-44)102-73(128)53(33-58(116)117)101-64(119)39(5)95-71(126)50(104-75(130)59(82)42(8)110)31-45-23-25-46(112)26-24-45;3-2(4,5)1(6)7/h12-14,18-19,23-26,37-43,47-54,59-62,109-112H,10-11,15-17,20-22,27-36,82H2,1-9H3,(H2,81,113)(H2,83,118)(H,93,122)(H,94,131)(H,95,126)(H,96,127)(H,97,132)(H,98,115)(H,99,114)(H,100,123)(H,101,119)(H,102,128)(H,103,124)(H,104,130)(H,105,120)(H,106,121)(H,107,129)(H,108,125)(H,116,117)(H4,84,85,90)(H4,86,87,91)(H4,88,89,92);(H,6,7)/t37-,38-,39-,40-,41-,42+,43+,47-,48-,49-,50-,51-,52-,53-,54-,59-,60-,61-,62-;/m0./s1. The zero-order valence-corrected chi connectivity index (χ0v) is 77.8. The largest absolute Gasteiger partial charge is 0.508 e. The van der Waals surface area contributed by atoms with Crippen molar-refractivity contribution in [3.63, 3.8) is 0 Å². The maximum absolute atomic E-state index is 14.5. The molecule has 0 bridgehead atoms. The van der Waals surface area contributed by atoms with Crippen LogP contribution in [0.3, 0.4) is 0 Å². The van der Waals surface area contributed by atoms with E-state index < -0.39 is 290 Å². The quantitative estimate of drug-likeness (QED) is 0.0166. The van der Waals surface area contributed by atoms with Gasteiger partial charge in [0.15, 0.2) is 17.9 Å². The van der Waals surface area contributed by atoms with Gasteiger partial charge >= 0.3 is 18.1 Å². The van der Waals surface area contributed by atoms with E-state index in [1.165, 1.54) is 45.0 Å². The molecule has 19 atom stereocenters. The van der Waals surface area contributed by atoms with Crippen molar-refractivity contribution < 1.29 is 140 Å². The lowest BCUT2D eigenvalue weighted by molar-refractivity contribution is -0.192. The summed E-state index contributed by atoms with van der Waals surface area (Å²) in [5.41, 5.74) is 33.9. The Kier molecular flexibility index (Phi) is 54.4. The number of benzene rings is 2. The Morgan fingerprint density at radius 3 is 1.11 bits per heavy atom. The minimum absolute atomic E-state index is 0.0108. The number of nitrogens with one attached hydrogen (secondary N) is 22. The molecule has 0 fully saturated rings. The van der Waals surface area contributed by atoms with Gasteiger partial charge in [-0.1, -0.05) is 83.0 Å². The predicted octanol–water partition coefficient (Wildman–Crippen LogP) is -11.3. The zero-order chi connectivity index (χ0) is 106. The molecule has 0 saturated carbocycles. The minimum Gasteiger partial charge on any atom is -0.508 e. The van der Waals surface area contributed by atoms with Crippen molar-refractivity contribution in [2.75, 3.05) is 39.3 Å². The summed E-state index contributed by atoms with van der Waals surface area (Å²) in [5.74, 6) is -26.3. The number of aliphatic carboxylic acids is 2. The van der Waals surface area contributed by atoms with Crippen molar-refractivity contribution in [2.24, 2.45) is 46.2 Å². The van der Waals surface area contributed by atoms with Crippen LogP contribution in [0.4, 0.5) is 13.2 Å². The van der Waals surface area contributed by atoms with Crippen molar-refractivity contribution in [2.45, 2.75) is 248 Å². The summed E-state index contributed by atoms with van der Waals surface area (Å²) in [6, 6.07) is -10.6. The van der Waals surface area contributed by atoms with E-state index >= 15 is 0 Å². The number of aromatic hydroxyl groups is 1. The number of rotatable bonds is 60. The Labute approximate surface area is 795 Å². The van der Waals surface area contributed by atoms with Gasteiger partial charge in [0.2, 0.25) is 106 Å². The van der Waals surface area contributed by atoms with Crippen LogP contribution in [0, 0.1) is 28.1 Å². The lowest BCUT2D eigenvalue weighted by atomic mass is 9.96. The predicted molar refractivity (Wildman–Crippen MR) is 486 cm³/mol. The third-order valence-corrected chi connectivity index (χ3v) is 20.5. The molecule has 0 aromatic heterocycles. The molecule has 0 aliphatic carbocycles. The highest BCUT2D eigenvalue weighted by atomic mass is 19.4. The third kappa shape index (κ3) is 47.9. The van der Waals surface area contributed by atoms with Crippen molar-refractivity contribution in [3.8, 4) is 5.75 Å². The molecule has 0 heterocycles. The van der Waals surface area contributed by atoms with E-state index in [1.54, 1.807) is 58.0 Å². The SMILES string of the molecule is CC[C@H](C)[C@H](NC(=O)[C@H](C)NC(=O)[C@H](CC(N)=O)NC(=O)[C@H](CCCNC(=N)N)NC(=O)[C@H](CCCNC(=N)N)NC(=O)CNC(=O)[C@@H](NC(=O)[C@H](CCCNC(=N)N)NC(=O)CNC(=O)[C@H](CO)NC(=O)[C@H](C)NC(=O)[C@@H](NC(=O)[C@H](Cc1ccccc1)NC(=O)[C@H](CC(=O)O)NC(=O)[C@H](C)NC(=O)[C@H](Cc1ccc(O)cc1)NC(=O)[C@@H](N)[C@@H](C)O)[C@@H](C)CC)[C@@H](C)O)C(N)=O.O=C(O)C(F)(F)F. The van der Waals surface area contributed by atoms with Crippen molar-refractivity contribution in [3.05, 3.63) is 65.7 Å². The van der Waals surface area contributed by atoms with Gasteiger partial charge < -0.3 is 166 Å². The normalized spacial score (nSPS) is 15.1. The molecular weight excluding hydrogens is 1850 g/mol. The van der Waals surface area contributed by atoms with Crippen LogP contribution >= 0.6 is 0 Å². The number of phenols is 1. The molecule has 2 aromatic rings. The highest BCUT2D eigenvalue weighted by Crippen LogP contribution is 2.17. The Morgan fingerprint density at radius 1 is 0.374 bits per heavy atom. The number of halogens is 3. The van der Waals surface area contributed by atoms with Gasteiger partial charge in [-0.3, -0.25) is 107 Å². The molecule has 40 N–H and O–H groups in total. The van der Waals surface area contributed by atoms with E-state index in [-0.39, 0.29) is 83.2 Å². The zero-order valence-electron chi connectivity index (χ0n) is 77.8. The smallest absolute Gasteiger partial charge is 0.490 e. The van der Waals surface area contributed by atoms with E-state index in [4.69, 9.17) is 60.5 Å². The van der Waals surface area contributed by atoms with Gasteiger partial charge in [-0.2, -0.15) is 13.2 Å². The number of aliphatic hydroxyl groups is 3. The van der Waals surface area contributed by atoms with Gasteiger partial charge in [-0.15, -0.1) is 0 Å². The second kappa shape index (κ2) is 61.9. The average molecular weight is 1980 g/mol. The van der Waals surface area contributed by atoms with Crippen molar-refractivity contribution in [1.82, 2.24) is 101 Å². The molecule has 139 heavy (non-hydrogen) atoms. The summed E-state index contributed by atoms with van der Waals surface area (Å²) in [5, 5.41) is 126. The second-order valence-electron chi connectivity index (χ2n) is 32.1. The van der Waals surface area contributed by atoms with Gasteiger partial charge in [0.05, 0.1) is 44.7 Å². The number of phenolic OH excluding ortho intramolecular Hbond substituents is 1. The molecular formula is C82H131F3N28O26. The molecule has 57 heteroatoms. The number of guanidine groups is 3. The van der Waals surface area contributed by atoms with Crippen LogP contribution in [0.25, 0.3) is 0 Å². The molecule has 0 spiro atoms. The fourth-order valence-corrected chi connectivity index (χ4v) is 12.2. The van der Waals surface area contributed by atoms with Crippen molar-refractivity contribution in [1.29, 1.82) is 16.2 Å². The Hall–Kier alpha value is -14.9. The fraction of sp³-hybridized carbons (Fsp3) is 0.573. The number of carbonyl (C=O) groups is 20. The molecule has 0 aliphatic rings. The minimum atomic E-state index is -5.08. The maximum atomic E-state index is 14.5. The number of carbonyl (C=O) groups excluding carboxylic acids is 18.